The van der Waals surface area contributed by atoms with Crippen LogP contribution in [-0.2, 0) is 6.54 Å². The van der Waals surface area contributed by atoms with Crippen LogP contribution in [0.2, 0.25) is 5.02 Å². The van der Waals surface area contributed by atoms with Gasteiger partial charge in [-0.15, -0.1) is 0 Å². The van der Waals surface area contributed by atoms with Gasteiger partial charge in [0.25, 0.3) is 0 Å². The van der Waals surface area contributed by atoms with Crippen molar-refractivity contribution < 1.29 is 4.39 Å². The predicted octanol–water partition coefficient (Wildman–Crippen LogP) is 4.16. The Morgan fingerprint density at radius 3 is 2.58 bits per heavy atom. The van der Waals surface area contributed by atoms with Gasteiger partial charge in [0.15, 0.2) is 0 Å². The molecule has 0 fully saturated rings. The van der Waals surface area contributed by atoms with Crippen LogP contribution in [0.1, 0.15) is 5.56 Å². The number of hydrogen-bond acceptors (Lipinski definition) is 2. The van der Waals surface area contributed by atoms with E-state index in [2.05, 4.69) is 5.32 Å². The maximum atomic E-state index is 13.8. The average molecular weight is 279 g/mol. The number of nitrogens with one attached hydrogen (secondary N) is 1. The minimum atomic E-state index is -0.362. The molecule has 0 bridgehead atoms. The first-order valence-corrected chi connectivity index (χ1v) is 6.40. The zero-order valence-corrected chi connectivity index (χ0v) is 11.7. The highest BCUT2D eigenvalue weighted by Crippen LogP contribution is 2.25. The summed E-state index contributed by atoms with van der Waals surface area (Å²) in [6.45, 7) is 0.400. The second-order valence-corrected chi connectivity index (χ2v) is 4.89. The van der Waals surface area contributed by atoms with Crippen LogP contribution < -0.4 is 10.2 Å². The molecule has 2 nitrogen and oxygen atoms in total. The summed E-state index contributed by atoms with van der Waals surface area (Å²) in [7, 11) is 3.95. The standard InChI is InChI=1S/C15H16ClFN2/c1-19(2)14-9-4-3-8-13(14)18-10-11-6-5-7-12(16)15(11)17/h3-9,18H,10H2,1-2H3. The highest BCUT2D eigenvalue weighted by atomic mass is 35.5. The Morgan fingerprint density at radius 2 is 1.84 bits per heavy atom. The first kappa shape index (κ1) is 13.7. The molecule has 0 aliphatic rings. The molecule has 2 aromatic carbocycles. The quantitative estimate of drug-likeness (QED) is 0.903. The molecule has 19 heavy (non-hydrogen) atoms. The van der Waals surface area contributed by atoms with E-state index in [9.17, 15) is 4.39 Å². The van der Waals surface area contributed by atoms with E-state index in [0.717, 1.165) is 11.4 Å². The second kappa shape index (κ2) is 5.93. The van der Waals surface area contributed by atoms with Crippen molar-refractivity contribution in [3.63, 3.8) is 0 Å². The summed E-state index contributed by atoms with van der Waals surface area (Å²) in [5.41, 5.74) is 2.58. The Hall–Kier alpha value is -1.74. The number of nitrogens with zero attached hydrogens (tertiary/aromatic N) is 1. The molecule has 0 unspecified atom stereocenters. The number of hydrogen-bond donors (Lipinski definition) is 1. The van der Waals surface area contributed by atoms with Gasteiger partial charge in [-0.3, -0.25) is 0 Å². The Bertz CT molecular complexity index is 570. The van der Waals surface area contributed by atoms with E-state index in [0.29, 0.717) is 12.1 Å². The summed E-state index contributed by atoms with van der Waals surface area (Å²) in [4.78, 5) is 2.01. The van der Waals surface area contributed by atoms with Gasteiger partial charge in [0.05, 0.1) is 16.4 Å². The molecule has 0 heterocycles. The molecule has 1 N–H and O–H groups in total. The van der Waals surface area contributed by atoms with Crippen molar-refractivity contribution in [1.29, 1.82) is 0 Å². The minimum Gasteiger partial charge on any atom is -0.379 e. The third-order valence-corrected chi connectivity index (χ3v) is 3.18. The Kier molecular flexibility index (Phi) is 4.27. The van der Waals surface area contributed by atoms with Gasteiger partial charge < -0.3 is 10.2 Å². The van der Waals surface area contributed by atoms with Crippen molar-refractivity contribution in [2.45, 2.75) is 6.54 Å². The molecule has 2 rings (SSSR count). The molecule has 0 aromatic heterocycles. The Morgan fingerprint density at radius 1 is 1.11 bits per heavy atom. The van der Waals surface area contributed by atoms with Crippen LogP contribution in [0.3, 0.4) is 0 Å². The summed E-state index contributed by atoms with van der Waals surface area (Å²) in [6, 6.07) is 12.9. The maximum absolute atomic E-state index is 13.8. The van der Waals surface area contributed by atoms with Gasteiger partial charge in [-0.2, -0.15) is 0 Å². The van der Waals surface area contributed by atoms with Gasteiger partial charge in [0.2, 0.25) is 0 Å². The Balaban J connectivity index is 2.17. The highest BCUT2D eigenvalue weighted by Gasteiger charge is 2.07. The summed E-state index contributed by atoms with van der Waals surface area (Å²) < 4.78 is 13.8. The third-order valence-electron chi connectivity index (χ3n) is 2.89. The summed E-state index contributed by atoms with van der Waals surface area (Å²) in [5, 5.41) is 3.39. The molecule has 0 saturated carbocycles. The van der Waals surface area contributed by atoms with E-state index in [-0.39, 0.29) is 10.8 Å². The first-order chi connectivity index (χ1) is 9.09. The predicted molar refractivity (Wildman–Crippen MR) is 79.5 cm³/mol. The SMILES string of the molecule is CN(C)c1ccccc1NCc1cccc(Cl)c1F. The molecule has 0 aliphatic heterocycles. The smallest absolute Gasteiger partial charge is 0.146 e. The molecule has 0 radical (unpaired) electrons. The molecule has 0 saturated heterocycles. The van der Waals surface area contributed by atoms with Crippen LogP contribution in [0.15, 0.2) is 42.5 Å². The molecule has 4 heteroatoms. The van der Waals surface area contributed by atoms with Gasteiger partial charge in [0.1, 0.15) is 5.82 Å². The summed E-state index contributed by atoms with van der Waals surface area (Å²) >= 11 is 5.77. The van der Waals surface area contributed by atoms with Gasteiger partial charge in [0, 0.05) is 26.2 Å². The molecule has 100 valence electrons. The van der Waals surface area contributed by atoms with Crippen LogP contribution in [-0.4, -0.2) is 14.1 Å². The van der Waals surface area contributed by atoms with Crippen molar-refractivity contribution >= 4 is 23.0 Å². The first-order valence-electron chi connectivity index (χ1n) is 6.02. The molecule has 2 aromatic rings. The maximum Gasteiger partial charge on any atom is 0.146 e. The van der Waals surface area contributed by atoms with Crippen molar-refractivity contribution in [1.82, 2.24) is 0 Å². The lowest BCUT2D eigenvalue weighted by Crippen LogP contribution is -2.12. The van der Waals surface area contributed by atoms with E-state index >= 15 is 0 Å². The molecular formula is C15H16ClFN2. The van der Waals surface area contributed by atoms with E-state index < -0.39 is 0 Å². The van der Waals surface area contributed by atoms with Crippen molar-refractivity contribution in [3.05, 3.63) is 58.9 Å². The van der Waals surface area contributed by atoms with Crippen molar-refractivity contribution in [2.75, 3.05) is 24.3 Å². The molecule has 0 amide bonds. The lowest BCUT2D eigenvalue weighted by Gasteiger charge is -2.18. The zero-order chi connectivity index (χ0) is 13.8. The van der Waals surface area contributed by atoms with Crippen LogP contribution in [0.25, 0.3) is 0 Å². The van der Waals surface area contributed by atoms with Crippen molar-refractivity contribution in [2.24, 2.45) is 0 Å². The van der Waals surface area contributed by atoms with Crippen molar-refractivity contribution in [3.8, 4) is 0 Å². The van der Waals surface area contributed by atoms with E-state index in [1.54, 1.807) is 18.2 Å². The Labute approximate surface area is 117 Å². The van der Waals surface area contributed by atoms with E-state index in [1.807, 2.05) is 43.3 Å². The van der Waals surface area contributed by atoms with Gasteiger partial charge >= 0.3 is 0 Å². The number of rotatable bonds is 4. The van der Waals surface area contributed by atoms with Gasteiger partial charge in [-0.1, -0.05) is 35.9 Å². The number of halogens is 2. The van der Waals surface area contributed by atoms with Crippen LogP contribution in [0.4, 0.5) is 15.8 Å². The minimum absolute atomic E-state index is 0.153. The number of anilines is 2. The van der Waals surface area contributed by atoms with Crippen LogP contribution in [0, 0.1) is 5.82 Å². The average Bonchev–Trinajstić information content (AvgIpc) is 2.40. The molecular weight excluding hydrogens is 263 g/mol. The fourth-order valence-corrected chi connectivity index (χ4v) is 2.08. The van der Waals surface area contributed by atoms with E-state index in [4.69, 9.17) is 11.6 Å². The molecule has 0 spiro atoms. The second-order valence-electron chi connectivity index (χ2n) is 4.48. The van der Waals surface area contributed by atoms with E-state index in [1.165, 1.54) is 0 Å². The molecule has 0 atom stereocenters. The monoisotopic (exact) mass is 278 g/mol. The third kappa shape index (κ3) is 3.18. The number of benzene rings is 2. The number of para-hydroxylation sites is 2. The fraction of sp³-hybridized carbons (Fsp3) is 0.200. The topological polar surface area (TPSA) is 15.3 Å². The lowest BCUT2D eigenvalue weighted by atomic mass is 10.2. The highest BCUT2D eigenvalue weighted by molar-refractivity contribution is 6.30. The zero-order valence-electron chi connectivity index (χ0n) is 11.0. The fourth-order valence-electron chi connectivity index (χ4n) is 1.89. The van der Waals surface area contributed by atoms with Crippen LogP contribution >= 0.6 is 11.6 Å². The normalized spacial score (nSPS) is 10.3. The molecule has 0 aliphatic carbocycles. The summed E-state index contributed by atoms with van der Waals surface area (Å²) in [6.07, 6.45) is 0. The lowest BCUT2D eigenvalue weighted by molar-refractivity contribution is 0.613. The van der Waals surface area contributed by atoms with Gasteiger partial charge in [-0.05, 0) is 18.2 Å². The summed E-state index contributed by atoms with van der Waals surface area (Å²) in [5.74, 6) is -0.362. The van der Waals surface area contributed by atoms with Crippen LogP contribution in [0.5, 0.6) is 0 Å². The largest absolute Gasteiger partial charge is 0.379 e. The van der Waals surface area contributed by atoms with Gasteiger partial charge in [-0.25, -0.2) is 4.39 Å².